The Hall–Kier alpha value is -0.248. The third kappa shape index (κ3) is 1.86. The Morgan fingerprint density at radius 2 is 1.27 bits per heavy atom. The van der Waals surface area contributed by atoms with E-state index in [1.165, 1.54) is 25.7 Å². The van der Waals surface area contributed by atoms with Crippen LogP contribution in [0.2, 0.25) is 0 Å². The third-order valence-electron chi connectivity index (χ3n) is 2.26. The molecule has 55 valence electrons. The van der Waals surface area contributed by atoms with E-state index in [9.17, 15) is 0 Å². The van der Waals surface area contributed by atoms with Crippen LogP contribution in [0.3, 0.4) is 0 Å². The molecule has 2 rings (SSSR count). The normalized spacial score (nSPS) is 14.9. The van der Waals surface area contributed by atoms with Crippen LogP contribution < -0.4 is 0 Å². The maximum atomic E-state index is 2.26. The molecule has 0 unspecified atom stereocenters. The summed E-state index contributed by atoms with van der Waals surface area (Å²) in [5.74, 6) is 0. The van der Waals surface area contributed by atoms with Crippen LogP contribution >= 0.6 is 0 Å². The summed E-state index contributed by atoms with van der Waals surface area (Å²) >= 11 is 0. The topological polar surface area (TPSA) is 0 Å². The van der Waals surface area contributed by atoms with Gasteiger partial charge in [-0.2, -0.15) is 0 Å². The van der Waals surface area contributed by atoms with Crippen LogP contribution in [0.1, 0.15) is 24.0 Å². The molecule has 1 aliphatic carbocycles. The second kappa shape index (κ2) is 3.95. The lowest BCUT2D eigenvalue weighted by molar-refractivity contribution is 0.685. The van der Waals surface area contributed by atoms with E-state index in [2.05, 4.69) is 24.3 Å². The quantitative estimate of drug-likeness (QED) is 0.509. The number of hydrogen-bond acceptors (Lipinski definition) is 0. The SMILES string of the molecule is [Al].c1ccc2c(c1)CCCC2. The summed E-state index contributed by atoms with van der Waals surface area (Å²) in [7, 11) is 0. The Labute approximate surface area is 78.8 Å². The summed E-state index contributed by atoms with van der Waals surface area (Å²) in [6, 6.07) is 8.80. The molecule has 0 atom stereocenters. The summed E-state index contributed by atoms with van der Waals surface area (Å²) in [5.41, 5.74) is 3.16. The summed E-state index contributed by atoms with van der Waals surface area (Å²) in [6.45, 7) is 0. The van der Waals surface area contributed by atoms with Crippen LogP contribution in [-0.2, 0) is 12.8 Å². The predicted octanol–water partition coefficient (Wildman–Crippen LogP) is 2.18. The Kier molecular flexibility index (Phi) is 3.18. The van der Waals surface area contributed by atoms with Gasteiger partial charge < -0.3 is 0 Å². The molecule has 1 aliphatic rings. The van der Waals surface area contributed by atoms with E-state index < -0.39 is 0 Å². The molecule has 1 aromatic rings. The van der Waals surface area contributed by atoms with Crippen molar-refractivity contribution in [2.45, 2.75) is 25.7 Å². The largest absolute Gasteiger partial charge is 0.0620 e. The Morgan fingerprint density at radius 3 is 1.73 bits per heavy atom. The first-order valence-electron chi connectivity index (χ1n) is 4.03. The molecule has 0 spiro atoms. The monoisotopic (exact) mass is 159 g/mol. The van der Waals surface area contributed by atoms with E-state index in [1.807, 2.05) is 0 Å². The van der Waals surface area contributed by atoms with Gasteiger partial charge in [0.15, 0.2) is 0 Å². The fourth-order valence-corrected chi connectivity index (χ4v) is 1.68. The predicted molar refractivity (Wildman–Crippen MR) is 48.8 cm³/mol. The first-order valence-corrected chi connectivity index (χ1v) is 4.03. The van der Waals surface area contributed by atoms with Crippen molar-refractivity contribution in [2.24, 2.45) is 0 Å². The lowest BCUT2D eigenvalue weighted by Crippen LogP contribution is -2.00. The van der Waals surface area contributed by atoms with Crippen molar-refractivity contribution < 1.29 is 0 Å². The number of aryl methyl sites for hydroxylation is 2. The molecular formula is C10H12Al. The highest BCUT2D eigenvalue weighted by molar-refractivity contribution is 5.75. The second-order valence-electron chi connectivity index (χ2n) is 2.98. The second-order valence-corrected chi connectivity index (χ2v) is 2.98. The van der Waals surface area contributed by atoms with Gasteiger partial charge in [0.25, 0.3) is 0 Å². The molecular weight excluding hydrogens is 147 g/mol. The zero-order valence-corrected chi connectivity index (χ0v) is 7.87. The van der Waals surface area contributed by atoms with Crippen LogP contribution in [0.5, 0.6) is 0 Å². The van der Waals surface area contributed by atoms with Gasteiger partial charge in [0.1, 0.15) is 0 Å². The Morgan fingerprint density at radius 1 is 0.818 bits per heavy atom. The van der Waals surface area contributed by atoms with E-state index in [4.69, 9.17) is 0 Å². The fraction of sp³-hybridized carbons (Fsp3) is 0.400. The van der Waals surface area contributed by atoms with E-state index in [0.29, 0.717) is 0 Å². The first-order chi connectivity index (χ1) is 4.97. The highest BCUT2D eigenvalue weighted by atomic mass is 27.0. The molecule has 0 nitrogen and oxygen atoms in total. The Bertz CT molecular complexity index is 205. The molecule has 0 heterocycles. The van der Waals surface area contributed by atoms with Gasteiger partial charge >= 0.3 is 0 Å². The molecule has 0 saturated carbocycles. The van der Waals surface area contributed by atoms with Crippen molar-refractivity contribution in [1.82, 2.24) is 0 Å². The number of rotatable bonds is 0. The lowest BCUT2D eigenvalue weighted by Gasteiger charge is -2.13. The molecule has 0 aliphatic heterocycles. The highest BCUT2D eigenvalue weighted by Crippen LogP contribution is 2.19. The molecule has 0 bridgehead atoms. The average Bonchev–Trinajstić information content (AvgIpc) is 2.05. The van der Waals surface area contributed by atoms with Crippen molar-refractivity contribution in [2.75, 3.05) is 0 Å². The zero-order chi connectivity index (χ0) is 6.81. The minimum absolute atomic E-state index is 0. The van der Waals surface area contributed by atoms with Crippen LogP contribution in [0.25, 0.3) is 0 Å². The minimum atomic E-state index is 0. The van der Waals surface area contributed by atoms with Crippen LogP contribution in [0.15, 0.2) is 24.3 Å². The first kappa shape index (κ1) is 8.85. The lowest BCUT2D eigenvalue weighted by atomic mass is 9.92. The third-order valence-corrected chi connectivity index (χ3v) is 2.26. The highest BCUT2D eigenvalue weighted by Gasteiger charge is 2.05. The van der Waals surface area contributed by atoms with Gasteiger partial charge in [0.2, 0.25) is 0 Å². The maximum Gasteiger partial charge on any atom is 0 e. The zero-order valence-electron chi connectivity index (χ0n) is 6.72. The fourth-order valence-electron chi connectivity index (χ4n) is 1.68. The van der Waals surface area contributed by atoms with Gasteiger partial charge in [-0.15, -0.1) is 0 Å². The van der Waals surface area contributed by atoms with E-state index in [1.54, 1.807) is 11.1 Å². The number of benzene rings is 1. The van der Waals surface area contributed by atoms with Crippen LogP contribution in [-0.4, -0.2) is 17.4 Å². The molecule has 3 radical (unpaired) electrons. The van der Waals surface area contributed by atoms with Gasteiger partial charge in [-0.1, -0.05) is 24.3 Å². The summed E-state index contributed by atoms with van der Waals surface area (Å²) in [5, 5.41) is 0. The van der Waals surface area contributed by atoms with Gasteiger partial charge in [-0.05, 0) is 36.8 Å². The molecule has 0 fully saturated rings. The number of hydrogen-bond donors (Lipinski definition) is 0. The summed E-state index contributed by atoms with van der Waals surface area (Å²) in [4.78, 5) is 0. The van der Waals surface area contributed by atoms with E-state index in [0.717, 1.165) is 0 Å². The van der Waals surface area contributed by atoms with E-state index in [-0.39, 0.29) is 17.4 Å². The Balaban J connectivity index is 0.000000605. The number of fused-ring (bicyclic) bond motifs is 1. The van der Waals surface area contributed by atoms with Crippen LogP contribution in [0, 0.1) is 0 Å². The molecule has 0 aromatic heterocycles. The van der Waals surface area contributed by atoms with Crippen molar-refractivity contribution in [3.63, 3.8) is 0 Å². The van der Waals surface area contributed by atoms with Gasteiger partial charge in [0.05, 0.1) is 0 Å². The minimum Gasteiger partial charge on any atom is -0.0620 e. The average molecular weight is 159 g/mol. The van der Waals surface area contributed by atoms with Crippen molar-refractivity contribution in [3.05, 3.63) is 35.4 Å². The molecule has 0 N–H and O–H groups in total. The van der Waals surface area contributed by atoms with Gasteiger partial charge in [-0.25, -0.2) is 0 Å². The molecule has 11 heavy (non-hydrogen) atoms. The molecule has 1 heteroatoms. The summed E-state index contributed by atoms with van der Waals surface area (Å²) in [6.07, 6.45) is 5.38. The van der Waals surface area contributed by atoms with E-state index >= 15 is 0 Å². The smallest absolute Gasteiger partial charge is 0 e. The van der Waals surface area contributed by atoms with Crippen molar-refractivity contribution >= 4 is 17.4 Å². The van der Waals surface area contributed by atoms with Crippen molar-refractivity contribution in [3.8, 4) is 0 Å². The standard InChI is InChI=1S/C10H12.Al/c1-2-6-10-8-4-3-7-9(10)5-1;/h1-2,5-6H,3-4,7-8H2;. The van der Waals surface area contributed by atoms with Gasteiger partial charge in [0, 0.05) is 17.4 Å². The van der Waals surface area contributed by atoms with Crippen LogP contribution in [0.4, 0.5) is 0 Å². The molecule has 0 saturated heterocycles. The van der Waals surface area contributed by atoms with Gasteiger partial charge in [-0.3, -0.25) is 0 Å². The molecule has 1 aromatic carbocycles. The van der Waals surface area contributed by atoms with Crippen molar-refractivity contribution in [1.29, 1.82) is 0 Å². The molecule has 0 amide bonds. The summed E-state index contributed by atoms with van der Waals surface area (Å²) < 4.78 is 0. The maximum absolute atomic E-state index is 2.26.